The fourth-order valence-electron chi connectivity index (χ4n) is 2.35. The summed E-state index contributed by atoms with van der Waals surface area (Å²) in [6.07, 6.45) is 2.22. The minimum Gasteiger partial charge on any atom is -0.493 e. The van der Waals surface area contributed by atoms with Gasteiger partial charge in [0.05, 0.1) is 7.11 Å². The zero-order valence-corrected chi connectivity index (χ0v) is 11.0. The summed E-state index contributed by atoms with van der Waals surface area (Å²) in [5.41, 5.74) is 1.22. The third kappa shape index (κ3) is 3.61. The third-order valence-electron chi connectivity index (χ3n) is 3.35. The van der Waals surface area contributed by atoms with Crippen molar-refractivity contribution in [2.45, 2.75) is 18.8 Å². The van der Waals surface area contributed by atoms with Crippen molar-refractivity contribution < 1.29 is 19.4 Å². The standard InChI is InChI=1S/C14H19NO4/c1-18-13-8-11(10-4-6-15-7-5-10)2-3-12(13)19-9-14(16)17/h2-3,8,10,15H,4-7,9H2,1H3,(H,16,17). The molecule has 2 rings (SSSR count). The smallest absolute Gasteiger partial charge is 0.341 e. The number of ether oxygens (including phenoxy) is 2. The van der Waals surface area contributed by atoms with Gasteiger partial charge >= 0.3 is 5.97 Å². The second-order valence-electron chi connectivity index (χ2n) is 4.62. The van der Waals surface area contributed by atoms with Crippen LogP contribution >= 0.6 is 0 Å². The molecule has 1 aliphatic rings. The molecule has 1 heterocycles. The predicted molar refractivity (Wildman–Crippen MR) is 71.0 cm³/mol. The molecule has 0 amide bonds. The molecule has 5 heteroatoms. The lowest BCUT2D eigenvalue weighted by Gasteiger charge is -2.23. The van der Waals surface area contributed by atoms with Gasteiger partial charge in [0.2, 0.25) is 0 Å². The van der Waals surface area contributed by atoms with Crippen LogP contribution in [0.1, 0.15) is 24.3 Å². The average Bonchev–Trinajstić information content (AvgIpc) is 2.45. The molecule has 5 nitrogen and oxygen atoms in total. The molecule has 104 valence electrons. The highest BCUT2D eigenvalue weighted by atomic mass is 16.5. The number of nitrogens with one attached hydrogen (secondary N) is 1. The van der Waals surface area contributed by atoms with E-state index in [1.165, 1.54) is 5.56 Å². The van der Waals surface area contributed by atoms with Crippen molar-refractivity contribution in [2.75, 3.05) is 26.8 Å². The third-order valence-corrected chi connectivity index (χ3v) is 3.35. The number of methoxy groups -OCH3 is 1. The highest BCUT2D eigenvalue weighted by Crippen LogP contribution is 2.33. The Morgan fingerprint density at radius 1 is 1.37 bits per heavy atom. The zero-order valence-electron chi connectivity index (χ0n) is 11.0. The molecule has 2 N–H and O–H groups in total. The van der Waals surface area contributed by atoms with Gasteiger partial charge in [0, 0.05) is 0 Å². The van der Waals surface area contributed by atoms with Gasteiger partial charge in [-0.15, -0.1) is 0 Å². The molecule has 1 saturated heterocycles. The van der Waals surface area contributed by atoms with Crippen molar-refractivity contribution in [1.82, 2.24) is 5.32 Å². The van der Waals surface area contributed by atoms with Crippen molar-refractivity contribution in [2.24, 2.45) is 0 Å². The van der Waals surface area contributed by atoms with Crippen molar-refractivity contribution in [3.05, 3.63) is 23.8 Å². The van der Waals surface area contributed by atoms with E-state index in [1.807, 2.05) is 12.1 Å². The van der Waals surface area contributed by atoms with Gasteiger partial charge in [-0.3, -0.25) is 0 Å². The fraction of sp³-hybridized carbons (Fsp3) is 0.500. The van der Waals surface area contributed by atoms with E-state index in [4.69, 9.17) is 14.6 Å². The van der Waals surface area contributed by atoms with Gasteiger partial charge in [0.15, 0.2) is 18.1 Å². The normalized spacial score (nSPS) is 16.1. The van der Waals surface area contributed by atoms with Crippen LogP contribution in [-0.4, -0.2) is 37.9 Å². The van der Waals surface area contributed by atoms with E-state index in [9.17, 15) is 4.79 Å². The Hall–Kier alpha value is -1.75. The van der Waals surface area contributed by atoms with Gasteiger partial charge in [-0.2, -0.15) is 0 Å². The summed E-state index contributed by atoms with van der Waals surface area (Å²) in [7, 11) is 1.56. The van der Waals surface area contributed by atoms with Gasteiger partial charge in [-0.05, 0) is 49.5 Å². The quantitative estimate of drug-likeness (QED) is 0.847. The van der Waals surface area contributed by atoms with Crippen LogP contribution in [0.3, 0.4) is 0 Å². The molecule has 0 aliphatic carbocycles. The fourth-order valence-corrected chi connectivity index (χ4v) is 2.35. The summed E-state index contributed by atoms with van der Waals surface area (Å²) in [4.78, 5) is 10.5. The lowest BCUT2D eigenvalue weighted by molar-refractivity contribution is -0.139. The molecule has 19 heavy (non-hydrogen) atoms. The molecule has 0 bridgehead atoms. The zero-order chi connectivity index (χ0) is 13.7. The lowest BCUT2D eigenvalue weighted by atomic mass is 9.90. The van der Waals surface area contributed by atoms with Crippen LogP contribution in [0, 0.1) is 0 Å². The SMILES string of the molecule is COc1cc(C2CCNCC2)ccc1OCC(=O)O. The van der Waals surface area contributed by atoms with Crippen LogP contribution in [0.2, 0.25) is 0 Å². The van der Waals surface area contributed by atoms with Crippen molar-refractivity contribution in [3.8, 4) is 11.5 Å². The Bertz CT molecular complexity index is 441. The summed E-state index contributed by atoms with van der Waals surface area (Å²) in [6, 6.07) is 5.74. The highest BCUT2D eigenvalue weighted by molar-refractivity contribution is 5.68. The van der Waals surface area contributed by atoms with E-state index in [-0.39, 0.29) is 6.61 Å². The number of carboxylic acid groups (broad SMARTS) is 1. The van der Waals surface area contributed by atoms with E-state index < -0.39 is 5.97 Å². The summed E-state index contributed by atoms with van der Waals surface area (Å²) < 4.78 is 10.5. The van der Waals surface area contributed by atoms with Crippen LogP contribution in [-0.2, 0) is 4.79 Å². The van der Waals surface area contributed by atoms with E-state index in [0.29, 0.717) is 17.4 Å². The first-order valence-corrected chi connectivity index (χ1v) is 6.44. The molecule has 0 spiro atoms. The number of aliphatic carboxylic acids is 1. The predicted octanol–water partition coefficient (Wildman–Crippen LogP) is 1.63. The maximum Gasteiger partial charge on any atom is 0.341 e. The van der Waals surface area contributed by atoms with Crippen LogP contribution in [0.25, 0.3) is 0 Å². The summed E-state index contributed by atoms with van der Waals surface area (Å²) in [5.74, 6) is 0.605. The Morgan fingerprint density at radius 2 is 2.11 bits per heavy atom. The first-order valence-electron chi connectivity index (χ1n) is 6.44. The molecular weight excluding hydrogens is 246 g/mol. The van der Waals surface area contributed by atoms with E-state index in [1.54, 1.807) is 13.2 Å². The molecule has 0 radical (unpaired) electrons. The second-order valence-corrected chi connectivity index (χ2v) is 4.62. The molecule has 0 saturated carbocycles. The number of piperidine rings is 1. The molecule has 1 aliphatic heterocycles. The van der Waals surface area contributed by atoms with E-state index in [2.05, 4.69) is 5.32 Å². The minimum atomic E-state index is -0.996. The van der Waals surface area contributed by atoms with Crippen LogP contribution < -0.4 is 14.8 Å². The number of hydrogen-bond donors (Lipinski definition) is 2. The molecule has 0 atom stereocenters. The Balaban J connectivity index is 2.12. The van der Waals surface area contributed by atoms with Crippen LogP contribution in [0.5, 0.6) is 11.5 Å². The number of carboxylic acids is 1. The van der Waals surface area contributed by atoms with Crippen LogP contribution in [0.4, 0.5) is 0 Å². The first-order chi connectivity index (χ1) is 9.20. The molecule has 1 aromatic carbocycles. The van der Waals surface area contributed by atoms with Gasteiger partial charge in [-0.1, -0.05) is 6.07 Å². The number of carbonyl (C=O) groups is 1. The van der Waals surface area contributed by atoms with E-state index >= 15 is 0 Å². The van der Waals surface area contributed by atoms with Crippen LogP contribution in [0.15, 0.2) is 18.2 Å². The summed E-state index contributed by atoms with van der Waals surface area (Å²) >= 11 is 0. The van der Waals surface area contributed by atoms with Crippen molar-refractivity contribution >= 4 is 5.97 Å². The number of rotatable bonds is 5. The highest BCUT2D eigenvalue weighted by Gasteiger charge is 2.17. The largest absolute Gasteiger partial charge is 0.493 e. The van der Waals surface area contributed by atoms with Gasteiger partial charge in [0.1, 0.15) is 0 Å². The molecule has 1 aromatic rings. The molecule has 0 aromatic heterocycles. The number of benzene rings is 1. The second kappa shape index (κ2) is 6.43. The maximum absolute atomic E-state index is 10.5. The molecule has 0 unspecified atom stereocenters. The molecule has 1 fully saturated rings. The van der Waals surface area contributed by atoms with E-state index in [0.717, 1.165) is 25.9 Å². The first kappa shape index (κ1) is 13.7. The Morgan fingerprint density at radius 3 is 2.74 bits per heavy atom. The monoisotopic (exact) mass is 265 g/mol. The molecular formula is C14H19NO4. The summed E-state index contributed by atoms with van der Waals surface area (Å²) in [6.45, 7) is 1.71. The Labute approximate surface area is 112 Å². The Kier molecular flexibility index (Phi) is 4.63. The minimum absolute atomic E-state index is 0.358. The van der Waals surface area contributed by atoms with Gasteiger partial charge in [-0.25, -0.2) is 4.79 Å². The maximum atomic E-state index is 10.5. The number of hydrogen-bond acceptors (Lipinski definition) is 4. The lowest BCUT2D eigenvalue weighted by Crippen LogP contribution is -2.26. The summed E-state index contributed by atoms with van der Waals surface area (Å²) in [5, 5.41) is 12.0. The average molecular weight is 265 g/mol. The van der Waals surface area contributed by atoms with Gasteiger partial charge in [0.25, 0.3) is 0 Å². The van der Waals surface area contributed by atoms with Crippen molar-refractivity contribution in [3.63, 3.8) is 0 Å². The van der Waals surface area contributed by atoms with Crippen molar-refractivity contribution in [1.29, 1.82) is 0 Å². The van der Waals surface area contributed by atoms with Gasteiger partial charge < -0.3 is 19.9 Å². The topological polar surface area (TPSA) is 67.8 Å².